The first-order valence-corrected chi connectivity index (χ1v) is 7.14. The van der Waals surface area contributed by atoms with Crippen molar-refractivity contribution in [3.63, 3.8) is 0 Å². The zero-order valence-electron chi connectivity index (χ0n) is 13.3. The highest BCUT2D eigenvalue weighted by Gasteiger charge is 2.42. The van der Waals surface area contributed by atoms with Gasteiger partial charge in [0.05, 0.1) is 18.5 Å². The summed E-state index contributed by atoms with van der Waals surface area (Å²) in [6.07, 6.45) is 0.182. The summed E-state index contributed by atoms with van der Waals surface area (Å²) in [6, 6.07) is 0. The number of aromatic nitrogens is 4. The van der Waals surface area contributed by atoms with Crippen LogP contribution in [0.4, 0.5) is 0 Å². The molecule has 2 aromatic rings. The molecule has 1 saturated heterocycles. The van der Waals surface area contributed by atoms with Crippen molar-refractivity contribution in [3.8, 4) is 0 Å². The SMILES string of the molecule is Cn1c(=O)c2nc([C@@H]3OC(C)(C)O[C@@H]3CO)cnc2n(C)c1=O. The van der Waals surface area contributed by atoms with Gasteiger partial charge in [-0.1, -0.05) is 0 Å². The Morgan fingerprint density at radius 3 is 2.61 bits per heavy atom. The fourth-order valence-corrected chi connectivity index (χ4v) is 2.70. The van der Waals surface area contributed by atoms with Crippen LogP contribution in [0.2, 0.25) is 0 Å². The number of aliphatic hydroxyl groups is 1. The van der Waals surface area contributed by atoms with Crippen LogP contribution in [-0.4, -0.2) is 42.7 Å². The van der Waals surface area contributed by atoms with E-state index >= 15 is 0 Å². The standard InChI is InChI=1S/C14H18N4O5/c1-14(2)22-8(6-19)10(23-14)7-5-15-11-9(16-7)12(20)18(4)13(21)17(11)3/h5,8,10,19H,6H2,1-4H3/t8-,10+/m1/s1. The third-order valence-corrected chi connectivity index (χ3v) is 3.83. The molecule has 1 aliphatic heterocycles. The predicted octanol–water partition coefficient (Wildman–Crippen LogP) is -0.788. The van der Waals surface area contributed by atoms with E-state index in [2.05, 4.69) is 9.97 Å². The van der Waals surface area contributed by atoms with Crippen molar-refractivity contribution >= 4 is 11.2 Å². The summed E-state index contributed by atoms with van der Waals surface area (Å²) in [4.78, 5) is 32.7. The first-order valence-electron chi connectivity index (χ1n) is 7.14. The highest BCUT2D eigenvalue weighted by Crippen LogP contribution is 2.37. The Morgan fingerprint density at radius 1 is 1.26 bits per heavy atom. The molecule has 2 aromatic heterocycles. The van der Waals surface area contributed by atoms with Gasteiger partial charge in [-0.15, -0.1) is 0 Å². The van der Waals surface area contributed by atoms with E-state index in [0.29, 0.717) is 5.69 Å². The third-order valence-electron chi connectivity index (χ3n) is 3.83. The van der Waals surface area contributed by atoms with Crippen molar-refractivity contribution in [1.82, 2.24) is 19.1 Å². The molecule has 0 unspecified atom stereocenters. The summed E-state index contributed by atoms with van der Waals surface area (Å²) in [5, 5.41) is 9.46. The number of aliphatic hydroxyl groups excluding tert-OH is 1. The minimum atomic E-state index is -0.872. The second kappa shape index (κ2) is 5.22. The average molecular weight is 322 g/mol. The Labute approximate surface area is 131 Å². The average Bonchev–Trinajstić information content (AvgIpc) is 2.85. The van der Waals surface area contributed by atoms with Crippen LogP contribution in [0.1, 0.15) is 25.6 Å². The van der Waals surface area contributed by atoms with Crippen LogP contribution in [0, 0.1) is 0 Å². The number of rotatable bonds is 2. The Morgan fingerprint density at radius 2 is 1.96 bits per heavy atom. The van der Waals surface area contributed by atoms with Gasteiger partial charge in [-0.3, -0.25) is 13.9 Å². The molecular formula is C14H18N4O5. The molecule has 3 rings (SSSR count). The van der Waals surface area contributed by atoms with Crippen LogP contribution < -0.4 is 11.2 Å². The lowest BCUT2D eigenvalue weighted by Crippen LogP contribution is -2.38. The number of fused-ring (bicyclic) bond motifs is 1. The normalized spacial score (nSPS) is 23.5. The number of nitrogens with zero attached hydrogens (tertiary/aromatic N) is 4. The van der Waals surface area contributed by atoms with Gasteiger partial charge in [-0.25, -0.2) is 14.8 Å². The monoisotopic (exact) mass is 322 g/mol. The molecule has 1 aliphatic rings. The van der Waals surface area contributed by atoms with Crippen LogP contribution >= 0.6 is 0 Å². The van der Waals surface area contributed by atoms with Gasteiger partial charge in [0, 0.05) is 14.1 Å². The van der Waals surface area contributed by atoms with Crippen molar-refractivity contribution in [2.75, 3.05) is 6.61 Å². The molecule has 1 fully saturated rings. The van der Waals surface area contributed by atoms with Crippen LogP contribution in [0.5, 0.6) is 0 Å². The van der Waals surface area contributed by atoms with E-state index in [4.69, 9.17) is 9.47 Å². The molecule has 124 valence electrons. The van der Waals surface area contributed by atoms with E-state index in [-0.39, 0.29) is 17.8 Å². The Kier molecular flexibility index (Phi) is 3.58. The topological polar surface area (TPSA) is 108 Å². The highest BCUT2D eigenvalue weighted by molar-refractivity contribution is 5.68. The molecule has 0 aromatic carbocycles. The predicted molar refractivity (Wildman–Crippen MR) is 79.9 cm³/mol. The summed E-state index contributed by atoms with van der Waals surface area (Å²) in [6.45, 7) is 3.21. The fraction of sp³-hybridized carbons (Fsp3) is 0.571. The molecule has 0 aliphatic carbocycles. The summed E-state index contributed by atoms with van der Waals surface area (Å²) in [7, 11) is 2.90. The van der Waals surface area contributed by atoms with Gasteiger partial charge in [-0.2, -0.15) is 0 Å². The van der Waals surface area contributed by atoms with Gasteiger partial charge < -0.3 is 14.6 Å². The van der Waals surface area contributed by atoms with Crippen molar-refractivity contribution < 1.29 is 14.6 Å². The van der Waals surface area contributed by atoms with Crippen LogP contribution in [-0.2, 0) is 23.6 Å². The van der Waals surface area contributed by atoms with Gasteiger partial charge in [0.1, 0.15) is 12.2 Å². The van der Waals surface area contributed by atoms with Crippen LogP contribution in [0.25, 0.3) is 11.2 Å². The Balaban J connectivity index is 2.18. The van der Waals surface area contributed by atoms with E-state index in [1.807, 2.05) is 0 Å². The largest absolute Gasteiger partial charge is 0.394 e. The summed E-state index contributed by atoms with van der Waals surface area (Å²) in [5.41, 5.74) is -0.369. The van der Waals surface area contributed by atoms with Gasteiger partial charge in [0.25, 0.3) is 5.56 Å². The van der Waals surface area contributed by atoms with Gasteiger partial charge in [0.15, 0.2) is 17.0 Å². The van der Waals surface area contributed by atoms with Crippen LogP contribution in [0.3, 0.4) is 0 Å². The van der Waals surface area contributed by atoms with E-state index < -0.39 is 29.2 Å². The molecule has 0 bridgehead atoms. The molecule has 2 atom stereocenters. The van der Waals surface area contributed by atoms with Crippen molar-refractivity contribution in [3.05, 3.63) is 32.7 Å². The lowest BCUT2D eigenvalue weighted by Gasteiger charge is -2.16. The summed E-state index contributed by atoms with van der Waals surface area (Å²) >= 11 is 0. The quantitative estimate of drug-likeness (QED) is 0.772. The van der Waals surface area contributed by atoms with Gasteiger partial charge >= 0.3 is 5.69 Å². The molecule has 9 heteroatoms. The molecule has 3 heterocycles. The zero-order valence-corrected chi connectivity index (χ0v) is 13.3. The summed E-state index contributed by atoms with van der Waals surface area (Å²) in [5.74, 6) is -0.872. The highest BCUT2D eigenvalue weighted by atomic mass is 16.8. The molecular weight excluding hydrogens is 304 g/mol. The maximum absolute atomic E-state index is 12.3. The first-order chi connectivity index (χ1) is 10.7. The Bertz CT molecular complexity index is 885. The zero-order chi connectivity index (χ0) is 16.9. The molecule has 9 nitrogen and oxygen atoms in total. The second-order valence-electron chi connectivity index (χ2n) is 5.95. The number of hydrogen-bond donors (Lipinski definition) is 1. The molecule has 0 saturated carbocycles. The lowest BCUT2D eigenvalue weighted by molar-refractivity contribution is -0.149. The maximum atomic E-state index is 12.3. The molecule has 0 radical (unpaired) electrons. The molecule has 23 heavy (non-hydrogen) atoms. The van der Waals surface area contributed by atoms with Crippen molar-refractivity contribution in [2.24, 2.45) is 14.1 Å². The Hall–Kier alpha value is -2.10. The van der Waals surface area contributed by atoms with Gasteiger partial charge in [0.2, 0.25) is 0 Å². The van der Waals surface area contributed by atoms with Crippen molar-refractivity contribution in [2.45, 2.75) is 31.8 Å². The number of aryl methyl sites for hydroxylation is 1. The molecule has 1 N–H and O–H groups in total. The van der Waals surface area contributed by atoms with E-state index in [1.54, 1.807) is 13.8 Å². The van der Waals surface area contributed by atoms with Crippen LogP contribution in [0.15, 0.2) is 15.8 Å². The maximum Gasteiger partial charge on any atom is 0.332 e. The van der Waals surface area contributed by atoms with E-state index in [9.17, 15) is 14.7 Å². The van der Waals surface area contributed by atoms with E-state index in [0.717, 1.165) is 4.57 Å². The third kappa shape index (κ3) is 2.46. The fourth-order valence-electron chi connectivity index (χ4n) is 2.70. The number of hydrogen-bond acceptors (Lipinski definition) is 7. The van der Waals surface area contributed by atoms with Gasteiger partial charge in [-0.05, 0) is 13.8 Å². The molecule has 0 spiro atoms. The lowest BCUT2D eigenvalue weighted by atomic mass is 10.1. The molecule has 0 amide bonds. The minimum Gasteiger partial charge on any atom is -0.394 e. The second-order valence-corrected chi connectivity index (χ2v) is 5.95. The number of ether oxygens (including phenoxy) is 2. The smallest absolute Gasteiger partial charge is 0.332 e. The summed E-state index contributed by atoms with van der Waals surface area (Å²) < 4.78 is 13.6. The van der Waals surface area contributed by atoms with E-state index in [1.165, 1.54) is 24.9 Å². The minimum absolute atomic E-state index is 0.0668. The van der Waals surface area contributed by atoms with Crippen molar-refractivity contribution in [1.29, 1.82) is 0 Å². The first kappa shape index (κ1) is 15.8.